The standard InChI is InChI=1S/C7H13N3S/c1-4-7(2,3)5-9-10-6(8)11-5/h4H2,1-3H3,(H2,8,10). The monoisotopic (exact) mass is 171 g/mol. The number of nitrogen functional groups attached to an aromatic ring is 1. The first-order valence-corrected chi connectivity index (χ1v) is 4.47. The average Bonchev–Trinajstić information content (AvgIpc) is 2.36. The van der Waals surface area contributed by atoms with Crippen LogP contribution in [0.15, 0.2) is 0 Å². The molecule has 0 aromatic carbocycles. The van der Waals surface area contributed by atoms with Gasteiger partial charge >= 0.3 is 0 Å². The zero-order chi connectivity index (χ0) is 8.48. The zero-order valence-corrected chi connectivity index (χ0v) is 7.90. The van der Waals surface area contributed by atoms with Gasteiger partial charge in [-0.15, -0.1) is 10.2 Å². The first kappa shape index (κ1) is 8.46. The quantitative estimate of drug-likeness (QED) is 0.738. The highest BCUT2D eigenvalue weighted by atomic mass is 32.1. The summed E-state index contributed by atoms with van der Waals surface area (Å²) in [6.45, 7) is 6.43. The van der Waals surface area contributed by atoms with Crippen LogP contribution < -0.4 is 5.73 Å². The van der Waals surface area contributed by atoms with Crippen molar-refractivity contribution in [3.05, 3.63) is 5.01 Å². The molecule has 0 aliphatic heterocycles. The highest BCUT2D eigenvalue weighted by molar-refractivity contribution is 7.15. The number of hydrogen-bond donors (Lipinski definition) is 1. The van der Waals surface area contributed by atoms with Crippen molar-refractivity contribution in [1.29, 1.82) is 0 Å². The molecule has 62 valence electrons. The van der Waals surface area contributed by atoms with E-state index in [1.54, 1.807) is 0 Å². The Balaban J connectivity index is 2.92. The Morgan fingerprint density at radius 1 is 1.45 bits per heavy atom. The van der Waals surface area contributed by atoms with E-state index in [0.29, 0.717) is 5.13 Å². The van der Waals surface area contributed by atoms with Crippen LogP contribution in [-0.2, 0) is 5.41 Å². The van der Waals surface area contributed by atoms with Crippen molar-refractivity contribution in [3.8, 4) is 0 Å². The molecule has 0 unspecified atom stereocenters. The lowest BCUT2D eigenvalue weighted by Crippen LogP contribution is -2.14. The summed E-state index contributed by atoms with van der Waals surface area (Å²) in [5.74, 6) is 0. The summed E-state index contributed by atoms with van der Waals surface area (Å²) in [4.78, 5) is 0. The normalized spacial score (nSPS) is 11.9. The summed E-state index contributed by atoms with van der Waals surface area (Å²) < 4.78 is 0. The minimum Gasteiger partial charge on any atom is -0.374 e. The maximum Gasteiger partial charge on any atom is 0.203 e. The Morgan fingerprint density at radius 2 is 2.09 bits per heavy atom. The summed E-state index contributed by atoms with van der Waals surface area (Å²) in [6.07, 6.45) is 1.06. The van der Waals surface area contributed by atoms with Crippen LogP contribution in [0.5, 0.6) is 0 Å². The smallest absolute Gasteiger partial charge is 0.203 e. The molecule has 1 heterocycles. The summed E-state index contributed by atoms with van der Waals surface area (Å²) in [5, 5.41) is 9.36. The van der Waals surface area contributed by atoms with Crippen LogP contribution in [0.3, 0.4) is 0 Å². The van der Waals surface area contributed by atoms with Gasteiger partial charge in [0.1, 0.15) is 5.01 Å². The van der Waals surface area contributed by atoms with Gasteiger partial charge in [0, 0.05) is 5.41 Å². The molecule has 3 nitrogen and oxygen atoms in total. The van der Waals surface area contributed by atoms with Crippen LogP contribution in [0.1, 0.15) is 32.2 Å². The first-order valence-electron chi connectivity index (χ1n) is 3.65. The van der Waals surface area contributed by atoms with E-state index in [1.165, 1.54) is 11.3 Å². The second-order valence-corrected chi connectivity index (χ2v) is 4.19. The van der Waals surface area contributed by atoms with Gasteiger partial charge in [0.05, 0.1) is 0 Å². The molecule has 1 aromatic rings. The molecule has 0 fully saturated rings. The molecule has 0 bridgehead atoms. The van der Waals surface area contributed by atoms with Gasteiger partial charge in [-0.2, -0.15) is 0 Å². The number of hydrogen-bond acceptors (Lipinski definition) is 4. The molecular formula is C7H13N3S. The topological polar surface area (TPSA) is 51.8 Å². The molecule has 0 saturated carbocycles. The lowest BCUT2D eigenvalue weighted by atomic mass is 9.91. The van der Waals surface area contributed by atoms with Gasteiger partial charge < -0.3 is 5.73 Å². The first-order chi connectivity index (χ1) is 5.06. The summed E-state index contributed by atoms with van der Waals surface area (Å²) >= 11 is 1.47. The molecule has 2 N–H and O–H groups in total. The fourth-order valence-corrected chi connectivity index (χ4v) is 1.44. The predicted molar refractivity (Wildman–Crippen MR) is 47.6 cm³/mol. The van der Waals surface area contributed by atoms with Crippen molar-refractivity contribution < 1.29 is 0 Å². The van der Waals surface area contributed by atoms with E-state index < -0.39 is 0 Å². The maximum absolute atomic E-state index is 5.47. The molecule has 0 amide bonds. The molecule has 1 aromatic heterocycles. The van der Waals surface area contributed by atoms with Gasteiger partial charge in [0.25, 0.3) is 0 Å². The Kier molecular flexibility index (Phi) is 2.13. The highest BCUT2D eigenvalue weighted by Gasteiger charge is 2.22. The molecular weight excluding hydrogens is 158 g/mol. The van der Waals surface area contributed by atoms with Crippen LogP contribution in [0.25, 0.3) is 0 Å². The molecule has 0 radical (unpaired) electrons. The van der Waals surface area contributed by atoms with E-state index in [4.69, 9.17) is 5.73 Å². The number of anilines is 1. The lowest BCUT2D eigenvalue weighted by molar-refractivity contribution is 0.498. The van der Waals surface area contributed by atoms with Crippen LogP contribution >= 0.6 is 11.3 Å². The van der Waals surface area contributed by atoms with E-state index in [1.807, 2.05) is 0 Å². The number of nitrogens with two attached hydrogens (primary N) is 1. The Labute approximate surface area is 70.6 Å². The lowest BCUT2D eigenvalue weighted by Gasteiger charge is -2.17. The van der Waals surface area contributed by atoms with Crippen molar-refractivity contribution >= 4 is 16.5 Å². The fourth-order valence-electron chi connectivity index (χ4n) is 0.659. The molecule has 1 rings (SSSR count). The van der Waals surface area contributed by atoms with E-state index >= 15 is 0 Å². The van der Waals surface area contributed by atoms with Crippen molar-refractivity contribution in [1.82, 2.24) is 10.2 Å². The van der Waals surface area contributed by atoms with Gasteiger partial charge in [0.15, 0.2) is 0 Å². The summed E-state index contributed by atoms with van der Waals surface area (Å²) in [5.41, 5.74) is 5.60. The van der Waals surface area contributed by atoms with Crippen LogP contribution in [0, 0.1) is 0 Å². The molecule has 0 aliphatic carbocycles. The van der Waals surface area contributed by atoms with Crippen LogP contribution in [-0.4, -0.2) is 10.2 Å². The van der Waals surface area contributed by atoms with E-state index in [9.17, 15) is 0 Å². The number of rotatable bonds is 2. The van der Waals surface area contributed by atoms with Gasteiger partial charge in [-0.05, 0) is 6.42 Å². The number of nitrogens with zero attached hydrogens (tertiary/aromatic N) is 2. The fraction of sp³-hybridized carbons (Fsp3) is 0.714. The summed E-state index contributed by atoms with van der Waals surface area (Å²) in [6, 6.07) is 0. The zero-order valence-electron chi connectivity index (χ0n) is 7.09. The van der Waals surface area contributed by atoms with Crippen molar-refractivity contribution in [3.63, 3.8) is 0 Å². The second kappa shape index (κ2) is 2.77. The number of aromatic nitrogens is 2. The van der Waals surface area contributed by atoms with E-state index in [0.717, 1.165) is 11.4 Å². The SMILES string of the molecule is CCC(C)(C)c1nnc(N)s1. The third-order valence-corrected chi connectivity index (χ3v) is 3.02. The van der Waals surface area contributed by atoms with Crippen molar-refractivity contribution in [2.24, 2.45) is 0 Å². The molecule has 4 heteroatoms. The minimum atomic E-state index is 0.120. The van der Waals surface area contributed by atoms with E-state index in [-0.39, 0.29) is 5.41 Å². The molecule has 0 spiro atoms. The Bertz CT molecular complexity index is 242. The average molecular weight is 171 g/mol. The highest BCUT2D eigenvalue weighted by Crippen LogP contribution is 2.29. The minimum absolute atomic E-state index is 0.120. The molecule has 0 saturated heterocycles. The molecule has 0 aliphatic rings. The molecule has 0 atom stereocenters. The second-order valence-electron chi connectivity index (χ2n) is 3.18. The van der Waals surface area contributed by atoms with Gasteiger partial charge in [-0.3, -0.25) is 0 Å². The maximum atomic E-state index is 5.47. The largest absolute Gasteiger partial charge is 0.374 e. The van der Waals surface area contributed by atoms with Crippen LogP contribution in [0.4, 0.5) is 5.13 Å². The van der Waals surface area contributed by atoms with Gasteiger partial charge in [0.2, 0.25) is 5.13 Å². The Hall–Kier alpha value is -0.640. The van der Waals surface area contributed by atoms with Crippen molar-refractivity contribution in [2.45, 2.75) is 32.6 Å². The third kappa shape index (κ3) is 1.68. The predicted octanol–water partition coefficient (Wildman–Crippen LogP) is 1.81. The Morgan fingerprint density at radius 3 is 2.45 bits per heavy atom. The van der Waals surface area contributed by atoms with E-state index in [2.05, 4.69) is 31.0 Å². The molecule has 11 heavy (non-hydrogen) atoms. The van der Waals surface area contributed by atoms with Crippen LogP contribution in [0.2, 0.25) is 0 Å². The van der Waals surface area contributed by atoms with Crippen molar-refractivity contribution in [2.75, 3.05) is 5.73 Å². The van der Waals surface area contributed by atoms with Gasteiger partial charge in [-0.25, -0.2) is 0 Å². The van der Waals surface area contributed by atoms with Gasteiger partial charge in [-0.1, -0.05) is 32.1 Å². The summed E-state index contributed by atoms with van der Waals surface area (Å²) in [7, 11) is 0. The third-order valence-electron chi connectivity index (χ3n) is 1.90.